The fraction of sp³-hybridized carbons (Fsp3) is 0.500. The molecule has 1 heterocycles. The lowest BCUT2D eigenvalue weighted by molar-refractivity contribution is 0.195. The molecule has 0 aliphatic heterocycles. The summed E-state index contributed by atoms with van der Waals surface area (Å²) in [6.45, 7) is 2.00. The Bertz CT molecular complexity index is 184. The summed E-state index contributed by atoms with van der Waals surface area (Å²) in [5.74, 6) is 0.816. The minimum atomic E-state index is -0.151. The quantitative estimate of drug-likeness (QED) is 0.733. The molecule has 1 N–H and O–H groups in total. The summed E-state index contributed by atoms with van der Waals surface area (Å²) in [6.07, 6.45) is 0.695. The molecule has 0 bridgehead atoms. The van der Waals surface area contributed by atoms with Crippen LogP contribution in [0.5, 0.6) is 0 Å². The van der Waals surface area contributed by atoms with E-state index in [4.69, 9.17) is 0 Å². The van der Waals surface area contributed by atoms with E-state index in [1.807, 2.05) is 13.0 Å². The van der Waals surface area contributed by atoms with Crippen molar-refractivity contribution in [1.82, 2.24) is 0 Å². The largest absolute Gasteiger partial charge is 0.392 e. The second-order valence-corrected chi connectivity index (χ2v) is 4.57. The Morgan fingerprint density at radius 2 is 2.55 bits per heavy atom. The maximum absolute atomic E-state index is 9.24. The van der Waals surface area contributed by atoms with Gasteiger partial charge in [-0.15, -0.1) is 23.1 Å². The number of thiophene rings is 1. The highest BCUT2D eigenvalue weighted by Crippen LogP contribution is 2.24. The Balaban J connectivity index is 2.23. The third kappa shape index (κ3) is 3.27. The third-order valence-electron chi connectivity index (χ3n) is 1.38. The Morgan fingerprint density at radius 3 is 3.09 bits per heavy atom. The van der Waals surface area contributed by atoms with Crippen LogP contribution in [0.3, 0.4) is 0 Å². The van der Waals surface area contributed by atoms with Crippen LogP contribution in [0.25, 0.3) is 0 Å². The topological polar surface area (TPSA) is 20.2 Å². The van der Waals surface area contributed by atoms with Crippen LogP contribution in [0.4, 0.5) is 0 Å². The maximum atomic E-state index is 9.24. The number of hydrogen-bond donors (Lipinski definition) is 1. The number of aliphatic hydroxyl groups is 1. The Morgan fingerprint density at radius 1 is 1.73 bits per heavy atom. The van der Waals surface area contributed by atoms with E-state index in [2.05, 4.69) is 11.4 Å². The number of hydrogen-bond acceptors (Lipinski definition) is 3. The zero-order chi connectivity index (χ0) is 8.10. The first-order valence-electron chi connectivity index (χ1n) is 3.67. The Hall–Kier alpha value is 0.01000. The van der Waals surface area contributed by atoms with Crippen molar-refractivity contribution in [3.63, 3.8) is 0 Å². The summed E-state index contributed by atoms with van der Waals surface area (Å²) in [5.41, 5.74) is 0. The summed E-state index contributed by atoms with van der Waals surface area (Å²) in [4.78, 5) is 0. The molecule has 0 amide bonds. The van der Waals surface area contributed by atoms with Gasteiger partial charge in [0.25, 0.3) is 0 Å². The SMILES string of the molecule is CCC(O)CSc1cccs1. The molecule has 0 aliphatic carbocycles. The molecule has 1 rings (SSSR count). The molecule has 0 saturated heterocycles. The van der Waals surface area contributed by atoms with Gasteiger partial charge in [-0.3, -0.25) is 0 Å². The van der Waals surface area contributed by atoms with Gasteiger partial charge in [0.05, 0.1) is 10.3 Å². The van der Waals surface area contributed by atoms with Crippen LogP contribution >= 0.6 is 23.1 Å². The van der Waals surface area contributed by atoms with E-state index in [9.17, 15) is 5.11 Å². The van der Waals surface area contributed by atoms with E-state index < -0.39 is 0 Å². The molecule has 0 radical (unpaired) electrons. The Labute approximate surface area is 75.4 Å². The number of aliphatic hydroxyl groups excluding tert-OH is 1. The molecule has 11 heavy (non-hydrogen) atoms. The lowest BCUT2D eigenvalue weighted by Crippen LogP contribution is -2.06. The average Bonchev–Trinajstić information content (AvgIpc) is 2.52. The van der Waals surface area contributed by atoms with E-state index >= 15 is 0 Å². The fourth-order valence-corrected chi connectivity index (χ4v) is 2.50. The van der Waals surface area contributed by atoms with Crippen LogP contribution in [0.1, 0.15) is 13.3 Å². The normalized spacial score (nSPS) is 13.3. The van der Waals surface area contributed by atoms with Crippen molar-refractivity contribution in [3.8, 4) is 0 Å². The van der Waals surface area contributed by atoms with Gasteiger partial charge in [0.1, 0.15) is 0 Å². The molecule has 1 aromatic heterocycles. The molecular weight excluding hydrogens is 176 g/mol. The van der Waals surface area contributed by atoms with E-state index in [1.165, 1.54) is 4.21 Å². The van der Waals surface area contributed by atoms with Crippen molar-refractivity contribution < 1.29 is 5.11 Å². The third-order valence-corrected chi connectivity index (χ3v) is 3.66. The van der Waals surface area contributed by atoms with Crippen molar-refractivity contribution in [2.24, 2.45) is 0 Å². The highest BCUT2D eigenvalue weighted by Gasteiger charge is 2.01. The van der Waals surface area contributed by atoms with Gasteiger partial charge in [0.2, 0.25) is 0 Å². The van der Waals surface area contributed by atoms with Crippen LogP contribution < -0.4 is 0 Å². The molecule has 1 unspecified atom stereocenters. The molecule has 62 valence electrons. The van der Waals surface area contributed by atoms with Gasteiger partial charge in [-0.1, -0.05) is 13.0 Å². The van der Waals surface area contributed by atoms with E-state index in [-0.39, 0.29) is 6.10 Å². The van der Waals surface area contributed by atoms with Gasteiger partial charge in [-0.05, 0) is 17.9 Å². The van der Waals surface area contributed by atoms with Crippen molar-refractivity contribution in [1.29, 1.82) is 0 Å². The second-order valence-electron chi connectivity index (χ2n) is 2.31. The van der Waals surface area contributed by atoms with Gasteiger partial charge >= 0.3 is 0 Å². The molecule has 1 aromatic rings. The molecule has 0 aliphatic rings. The summed E-state index contributed by atoms with van der Waals surface area (Å²) in [6, 6.07) is 4.11. The van der Waals surface area contributed by atoms with Crippen LogP contribution in [0, 0.1) is 0 Å². The van der Waals surface area contributed by atoms with Crippen LogP contribution in [-0.4, -0.2) is 17.0 Å². The van der Waals surface area contributed by atoms with Crippen LogP contribution in [0.15, 0.2) is 21.7 Å². The molecule has 0 spiro atoms. The first kappa shape index (κ1) is 9.10. The van der Waals surface area contributed by atoms with Crippen LogP contribution in [-0.2, 0) is 0 Å². The molecule has 0 saturated carbocycles. The van der Waals surface area contributed by atoms with Gasteiger partial charge in [-0.2, -0.15) is 0 Å². The highest BCUT2D eigenvalue weighted by molar-refractivity contribution is 8.01. The fourth-order valence-electron chi connectivity index (χ4n) is 0.642. The molecule has 1 atom stereocenters. The standard InChI is InChI=1S/C8H12OS2/c1-2-7(9)6-11-8-4-3-5-10-8/h3-5,7,9H,2,6H2,1H3. The summed E-state index contributed by atoms with van der Waals surface area (Å²) in [7, 11) is 0. The van der Waals surface area contributed by atoms with Gasteiger partial charge in [0.15, 0.2) is 0 Å². The van der Waals surface area contributed by atoms with Crippen LogP contribution in [0.2, 0.25) is 0 Å². The number of thioether (sulfide) groups is 1. The van der Waals surface area contributed by atoms with E-state index in [0.717, 1.165) is 12.2 Å². The smallest absolute Gasteiger partial charge is 0.0631 e. The van der Waals surface area contributed by atoms with Gasteiger partial charge < -0.3 is 5.11 Å². The zero-order valence-corrected chi connectivity index (χ0v) is 8.12. The van der Waals surface area contributed by atoms with E-state index in [1.54, 1.807) is 23.1 Å². The lowest BCUT2D eigenvalue weighted by Gasteiger charge is -2.04. The monoisotopic (exact) mass is 188 g/mol. The second kappa shape index (κ2) is 4.80. The minimum Gasteiger partial charge on any atom is -0.392 e. The first-order valence-corrected chi connectivity index (χ1v) is 5.54. The Kier molecular flexibility index (Phi) is 3.97. The molecular formula is C8H12OS2. The average molecular weight is 188 g/mol. The van der Waals surface area contributed by atoms with Crippen molar-refractivity contribution in [2.75, 3.05) is 5.75 Å². The lowest BCUT2D eigenvalue weighted by atomic mass is 10.3. The van der Waals surface area contributed by atoms with E-state index in [0.29, 0.717) is 0 Å². The zero-order valence-electron chi connectivity index (χ0n) is 6.49. The molecule has 1 nitrogen and oxygen atoms in total. The minimum absolute atomic E-state index is 0.151. The predicted molar refractivity (Wildman–Crippen MR) is 51.3 cm³/mol. The van der Waals surface area contributed by atoms with Gasteiger partial charge in [-0.25, -0.2) is 0 Å². The van der Waals surface area contributed by atoms with Crippen molar-refractivity contribution in [3.05, 3.63) is 17.5 Å². The molecule has 0 fully saturated rings. The number of rotatable bonds is 4. The predicted octanol–water partition coefficient (Wildman–Crippen LogP) is 2.61. The first-order chi connectivity index (χ1) is 5.33. The summed E-state index contributed by atoms with van der Waals surface area (Å²) in [5, 5.41) is 11.3. The maximum Gasteiger partial charge on any atom is 0.0631 e. The summed E-state index contributed by atoms with van der Waals surface area (Å²) >= 11 is 3.46. The molecule has 3 heteroatoms. The van der Waals surface area contributed by atoms with Crippen molar-refractivity contribution in [2.45, 2.75) is 23.7 Å². The highest BCUT2D eigenvalue weighted by atomic mass is 32.2. The van der Waals surface area contributed by atoms with Gasteiger partial charge in [0, 0.05) is 5.75 Å². The van der Waals surface area contributed by atoms with Crippen molar-refractivity contribution >= 4 is 23.1 Å². The molecule has 0 aromatic carbocycles. The summed E-state index contributed by atoms with van der Waals surface area (Å²) < 4.78 is 1.29.